The van der Waals surface area contributed by atoms with Crippen molar-refractivity contribution in [3.63, 3.8) is 0 Å². The summed E-state index contributed by atoms with van der Waals surface area (Å²) < 4.78 is 12.8. The summed E-state index contributed by atoms with van der Waals surface area (Å²) in [5.41, 5.74) is 7.61. The van der Waals surface area contributed by atoms with Gasteiger partial charge in [0.05, 0.1) is 5.69 Å². The first-order valence-corrected chi connectivity index (χ1v) is 6.47. The van der Waals surface area contributed by atoms with E-state index in [9.17, 15) is 4.39 Å². The van der Waals surface area contributed by atoms with Gasteiger partial charge in [0.2, 0.25) is 0 Å². The molecule has 0 radical (unpaired) electrons. The highest BCUT2D eigenvalue weighted by atomic mass is 32.1. The van der Waals surface area contributed by atoms with Gasteiger partial charge in [0.25, 0.3) is 0 Å². The quantitative estimate of drug-likeness (QED) is 0.905. The van der Waals surface area contributed by atoms with Gasteiger partial charge >= 0.3 is 0 Å². The average Bonchev–Trinajstić information content (AvgIpc) is 2.78. The van der Waals surface area contributed by atoms with Gasteiger partial charge < -0.3 is 5.73 Å². The normalized spacial score (nSPS) is 12.6. The third kappa shape index (κ3) is 3.11. The molecule has 0 spiro atoms. The average molecular weight is 250 g/mol. The topological polar surface area (TPSA) is 38.9 Å². The highest BCUT2D eigenvalue weighted by Crippen LogP contribution is 2.24. The lowest BCUT2D eigenvalue weighted by molar-refractivity contribution is 0.586. The molecule has 0 aliphatic rings. The molecule has 2 rings (SSSR count). The Morgan fingerprint density at radius 1 is 1.35 bits per heavy atom. The van der Waals surface area contributed by atoms with Crippen molar-refractivity contribution in [2.75, 3.05) is 6.54 Å². The molecule has 2 N–H and O–H groups in total. The van der Waals surface area contributed by atoms with Crippen LogP contribution in [0.1, 0.15) is 12.6 Å². The molecule has 1 atom stereocenters. The van der Waals surface area contributed by atoms with E-state index in [1.165, 1.54) is 12.1 Å². The van der Waals surface area contributed by atoms with Crippen molar-refractivity contribution in [3.05, 3.63) is 41.2 Å². The summed E-state index contributed by atoms with van der Waals surface area (Å²) in [5.74, 6) is 0.223. The minimum atomic E-state index is -0.220. The van der Waals surface area contributed by atoms with Crippen LogP contribution >= 0.6 is 11.3 Å². The van der Waals surface area contributed by atoms with Crippen LogP contribution in [0.5, 0.6) is 0 Å². The van der Waals surface area contributed by atoms with Gasteiger partial charge in [0.15, 0.2) is 0 Å². The van der Waals surface area contributed by atoms with Gasteiger partial charge in [-0.05, 0) is 43.1 Å². The molecular formula is C13H15FN2S. The van der Waals surface area contributed by atoms with E-state index in [2.05, 4.69) is 11.9 Å². The third-order valence-electron chi connectivity index (χ3n) is 2.60. The molecule has 0 aliphatic carbocycles. The van der Waals surface area contributed by atoms with Crippen LogP contribution in [0.3, 0.4) is 0 Å². The summed E-state index contributed by atoms with van der Waals surface area (Å²) in [6.07, 6.45) is 0.897. The molecule has 1 aromatic carbocycles. The Labute approximate surface area is 104 Å². The number of aromatic nitrogens is 1. The number of hydrogen-bond acceptors (Lipinski definition) is 3. The fraction of sp³-hybridized carbons (Fsp3) is 0.308. The molecule has 1 unspecified atom stereocenters. The predicted molar refractivity (Wildman–Crippen MR) is 69.4 cm³/mol. The van der Waals surface area contributed by atoms with Gasteiger partial charge in [-0.25, -0.2) is 9.37 Å². The summed E-state index contributed by atoms with van der Waals surface area (Å²) in [7, 11) is 0. The fourth-order valence-electron chi connectivity index (χ4n) is 1.57. The molecular weight excluding hydrogens is 235 g/mol. The smallest absolute Gasteiger partial charge is 0.123 e. The lowest BCUT2D eigenvalue weighted by Gasteiger charge is -2.04. The summed E-state index contributed by atoms with van der Waals surface area (Å²) in [4.78, 5) is 4.54. The zero-order chi connectivity index (χ0) is 12.3. The summed E-state index contributed by atoms with van der Waals surface area (Å²) >= 11 is 1.59. The number of thiazole rings is 1. The van der Waals surface area contributed by atoms with Crippen LogP contribution in [-0.2, 0) is 6.42 Å². The summed E-state index contributed by atoms with van der Waals surface area (Å²) in [6, 6.07) is 6.42. The zero-order valence-electron chi connectivity index (χ0n) is 9.69. The van der Waals surface area contributed by atoms with Crippen molar-refractivity contribution in [1.29, 1.82) is 0 Å². The number of nitrogens with two attached hydrogens (primary N) is 1. The molecule has 0 saturated heterocycles. The number of hydrogen-bond donors (Lipinski definition) is 1. The maximum Gasteiger partial charge on any atom is 0.123 e. The summed E-state index contributed by atoms with van der Waals surface area (Å²) in [5, 5.41) is 2.98. The number of nitrogens with zero attached hydrogens (tertiary/aromatic N) is 1. The van der Waals surface area contributed by atoms with E-state index in [1.54, 1.807) is 23.5 Å². The SMILES string of the molecule is CC(CN)Cc1csc(-c2ccc(F)cc2)n1. The maximum atomic E-state index is 12.8. The molecule has 1 aromatic heterocycles. The van der Waals surface area contributed by atoms with Gasteiger partial charge in [0, 0.05) is 10.9 Å². The number of halogens is 1. The second-order valence-corrected chi connectivity index (χ2v) is 5.05. The van der Waals surface area contributed by atoms with Crippen LogP contribution in [0.2, 0.25) is 0 Å². The molecule has 2 aromatic rings. The van der Waals surface area contributed by atoms with Crippen LogP contribution in [-0.4, -0.2) is 11.5 Å². The van der Waals surface area contributed by atoms with Crippen molar-refractivity contribution in [3.8, 4) is 10.6 Å². The first kappa shape index (κ1) is 12.2. The van der Waals surface area contributed by atoms with E-state index >= 15 is 0 Å². The first-order chi connectivity index (χ1) is 8.19. The monoisotopic (exact) mass is 250 g/mol. The minimum absolute atomic E-state index is 0.220. The lowest BCUT2D eigenvalue weighted by Crippen LogP contribution is -2.13. The lowest BCUT2D eigenvalue weighted by atomic mass is 10.1. The van der Waals surface area contributed by atoms with Crippen LogP contribution in [0, 0.1) is 11.7 Å². The van der Waals surface area contributed by atoms with Gasteiger partial charge in [-0.15, -0.1) is 11.3 Å². The van der Waals surface area contributed by atoms with E-state index in [4.69, 9.17) is 5.73 Å². The van der Waals surface area contributed by atoms with Crippen molar-refractivity contribution < 1.29 is 4.39 Å². The summed E-state index contributed by atoms with van der Waals surface area (Å²) in [6.45, 7) is 2.78. The largest absolute Gasteiger partial charge is 0.330 e. The molecule has 0 saturated carbocycles. The Kier molecular flexibility index (Phi) is 3.86. The zero-order valence-corrected chi connectivity index (χ0v) is 10.5. The second kappa shape index (κ2) is 5.38. The van der Waals surface area contributed by atoms with Crippen molar-refractivity contribution in [2.24, 2.45) is 11.7 Å². The standard InChI is InChI=1S/C13H15FN2S/c1-9(7-15)6-12-8-17-13(16-12)10-2-4-11(14)5-3-10/h2-5,8-9H,6-7,15H2,1H3. The molecule has 4 heteroatoms. The minimum Gasteiger partial charge on any atom is -0.330 e. The molecule has 1 heterocycles. The fourth-order valence-corrected chi connectivity index (χ4v) is 2.40. The third-order valence-corrected chi connectivity index (χ3v) is 3.54. The van der Waals surface area contributed by atoms with Crippen molar-refractivity contribution >= 4 is 11.3 Å². The molecule has 0 aliphatic heterocycles. The van der Waals surface area contributed by atoms with E-state index in [0.29, 0.717) is 12.5 Å². The van der Waals surface area contributed by atoms with E-state index < -0.39 is 0 Å². The molecule has 0 fully saturated rings. The van der Waals surface area contributed by atoms with E-state index in [0.717, 1.165) is 22.7 Å². The second-order valence-electron chi connectivity index (χ2n) is 4.20. The van der Waals surface area contributed by atoms with Crippen LogP contribution in [0.4, 0.5) is 4.39 Å². The molecule has 90 valence electrons. The van der Waals surface area contributed by atoms with Gasteiger partial charge in [-0.2, -0.15) is 0 Å². The first-order valence-electron chi connectivity index (χ1n) is 5.59. The number of benzene rings is 1. The number of rotatable bonds is 4. The Balaban J connectivity index is 2.15. The van der Waals surface area contributed by atoms with Crippen molar-refractivity contribution in [1.82, 2.24) is 4.98 Å². The van der Waals surface area contributed by atoms with E-state index in [1.807, 2.05) is 5.38 Å². The van der Waals surface area contributed by atoms with Gasteiger partial charge in [0.1, 0.15) is 10.8 Å². The Hall–Kier alpha value is -1.26. The molecule has 0 amide bonds. The van der Waals surface area contributed by atoms with E-state index in [-0.39, 0.29) is 5.82 Å². The van der Waals surface area contributed by atoms with Crippen LogP contribution < -0.4 is 5.73 Å². The molecule has 0 bridgehead atoms. The Morgan fingerprint density at radius 3 is 2.71 bits per heavy atom. The van der Waals surface area contributed by atoms with Crippen molar-refractivity contribution in [2.45, 2.75) is 13.3 Å². The van der Waals surface area contributed by atoms with Crippen LogP contribution in [0.25, 0.3) is 10.6 Å². The Morgan fingerprint density at radius 2 is 2.06 bits per heavy atom. The predicted octanol–water partition coefficient (Wildman–Crippen LogP) is 3.09. The maximum absolute atomic E-state index is 12.8. The highest BCUT2D eigenvalue weighted by molar-refractivity contribution is 7.13. The van der Waals surface area contributed by atoms with Gasteiger partial charge in [-0.1, -0.05) is 6.92 Å². The molecule has 17 heavy (non-hydrogen) atoms. The highest BCUT2D eigenvalue weighted by Gasteiger charge is 2.07. The molecule has 2 nitrogen and oxygen atoms in total. The van der Waals surface area contributed by atoms with Crippen LogP contribution in [0.15, 0.2) is 29.6 Å². The Bertz CT molecular complexity index is 478. The van der Waals surface area contributed by atoms with Gasteiger partial charge in [-0.3, -0.25) is 0 Å².